The number of nitrogens with zero attached hydrogens (tertiary/aromatic N) is 2. The minimum atomic E-state index is -5.08. The van der Waals surface area contributed by atoms with Crippen LogP contribution in [0.15, 0.2) is 17.5 Å². The second-order valence-electron chi connectivity index (χ2n) is 8.39. The molecule has 1 aromatic rings. The molecule has 0 bridgehead atoms. The maximum absolute atomic E-state index is 10.6. The maximum Gasteiger partial charge on any atom is 0.490 e. The highest BCUT2D eigenvalue weighted by Gasteiger charge is 2.39. The van der Waals surface area contributed by atoms with E-state index >= 15 is 0 Å². The van der Waals surface area contributed by atoms with Gasteiger partial charge in [0, 0.05) is 37.6 Å². The van der Waals surface area contributed by atoms with Crippen molar-refractivity contribution < 1.29 is 46.1 Å². The molecular formula is C20H26F6N2O4S. The van der Waals surface area contributed by atoms with Crippen LogP contribution in [0.3, 0.4) is 0 Å². The average molecular weight is 504 g/mol. The molecule has 4 rings (SSSR count). The summed E-state index contributed by atoms with van der Waals surface area (Å²) in [5.41, 5.74) is 0. The van der Waals surface area contributed by atoms with E-state index in [9.17, 15) is 26.3 Å². The van der Waals surface area contributed by atoms with E-state index < -0.39 is 24.3 Å². The van der Waals surface area contributed by atoms with Gasteiger partial charge in [0.2, 0.25) is 0 Å². The van der Waals surface area contributed by atoms with Crippen molar-refractivity contribution in [3.63, 3.8) is 0 Å². The summed E-state index contributed by atoms with van der Waals surface area (Å²) >= 11 is 1.91. The fourth-order valence-corrected chi connectivity index (χ4v) is 4.67. The van der Waals surface area contributed by atoms with Gasteiger partial charge in [-0.15, -0.1) is 11.3 Å². The molecule has 1 saturated carbocycles. The third-order valence-corrected chi connectivity index (χ3v) is 6.48. The van der Waals surface area contributed by atoms with Gasteiger partial charge in [0.05, 0.1) is 0 Å². The third-order valence-electron chi connectivity index (χ3n) is 5.62. The largest absolute Gasteiger partial charge is 0.490 e. The first-order valence-corrected chi connectivity index (χ1v) is 11.2. The van der Waals surface area contributed by atoms with Gasteiger partial charge in [-0.05, 0) is 55.0 Å². The van der Waals surface area contributed by atoms with E-state index in [0.717, 1.165) is 17.8 Å². The normalized spacial score (nSPS) is 23.6. The lowest BCUT2D eigenvalue weighted by Gasteiger charge is -2.34. The van der Waals surface area contributed by atoms with Crippen LogP contribution in [0.5, 0.6) is 0 Å². The molecule has 33 heavy (non-hydrogen) atoms. The molecule has 188 valence electrons. The predicted molar refractivity (Wildman–Crippen MR) is 108 cm³/mol. The molecular weight excluding hydrogens is 478 g/mol. The maximum atomic E-state index is 10.6. The highest BCUT2D eigenvalue weighted by molar-refractivity contribution is 7.09. The summed E-state index contributed by atoms with van der Waals surface area (Å²) in [7, 11) is 0. The molecule has 2 N–H and O–H groups in total. The third kappa shape index (κ3) is 9.88. The van der Waals surface area contributed by atoms with Crippen molar-refractivity contribution in [2.45, 2.75) is 38.2 Å². The number of halogens is 6. The first kappa shape index (κ1) is 27.4. The van der Waals surface area contributed by atoms with Gasteiger partial charge in [0.15, 0.2) is 0 Å². The van der Waals surface area contributed by atoms with Crippen LogP contribution in [0.1, 0.15) is 24.1 Å². The summed E-state index contributed by atoms with van der Waals surface area (Å²) in [5, 5.41) is 16.5. The number of aliphatic carboxylic acids is 2. The summed E-state index contributed by atoms with van der Waals surface area (Å²) in [6.45, 7) is 8.01. The Kier molecular flexibility index (Phi) is 9.56. The first-order valence-electron chi connectivity index (χ1n) is 10.3. The molecule has 2 aliphatic heterocycles. The number of hydrogen-bond acceptors (Lipinski definition) is 5. The van der Waals surface area contributed by atoms with Crippen LogP contribution in [-0.4, -0.2) is 77.0 Å². The standard InChI is InChI=1S/C16H24N2S.2C2HF3O2/c1-2-16(19-7-1)12-18-9-14-5-6-17(8-13-3-4-13)10-15(14)11-18;2*3-2(4,5)1(6)7/h1-2,7,13-15H,3-6,8-12H2;2*(H,6,7)/t14-,15+;;/m1../s1. The molecule has 1 aromatic heterocycles. The number of thiophene rings is 1. The second kappa shape index (κ2) is 11.5. The predicted octanol–water partition coefficient (Wildman–Crippen LogP) is 4.18. The van der Waals surface area contributed by atoms with E-state index in [4.69, 9.17) is 19.8 Å². The lowest BCUT2D eigenvalue weighted by Crippen LogP contribution is -2.40. The van der Waals surface area contributed by atoms with E-state index in [1.165, 1.54) is 63.4 Å². The Morgan fingerprint density at radius 1 is 0.909 bits per heavy atom. The number of piperidine rings is 1. The topological polar surface area (TPSA) is 81.1 Å². The van der Waals surface area contributed by atoms with Crippen LogP contribution in [0.2, 0.25) is 0 Å². The van der Waals surface area contributed by atoms with Crippen LogP contribution in [0, 0.1) is 17.8 Å². The van der Waals surface area contributed by atoms with Crippen molar-refractivity contribution in [1.82, 2.24) is 9.80 Å². The van der Waals surface area contributed by atoms with Gasteiger partial charge in [-0.25, -0.2) is 9.59 Å². The Morgan fingerprint density at radius 2 is 1.42 bits per heavy atom. The van der Waals surface area contributed by atoms with Crippen molar-refractivity contribution in [1.29, 1.82) is 0 Å². The number of likely N-dealkylation sites (tertiary alicyclic amines) is 2. The van der Waals surface area contributed by atoms with Crippen molar-refractivity contribution in [2.24, 2.45) is 17.8 Å². The number of carboxylic acid groups (broad SMARTS) is 2. The zero-order valence-corrected chi connectivity index (χ0v) is 18.4. The van der Waals surface area contributed by atoms with Gasteiger partial charge >= 0.3 is 24.3 Å². The van der Waals surface area contributed by atoms with Crippen molar-refractivity contribution in [3.05, 3.63) is 22.4 Å². The Balaban J connectivity index is 0.000000230. The number of hydrogen-bond donors (Lipinski definition) is 2. The summed E-state index contributed by atoms with van der Waals surface area (Å²) in [6.07, 6.45) is -5.73. The van der Waals surface area contributed by atoms with E-state index in [-0.39, 0.29) is 0 Å². The van der Waals surface area contributed by atoms with Crippen LogP contribution in [0.4, 0.5) is 26.3 Å². The molecule has 0 radical (unpaired) electrons. The van der Waals surface area contributed by atoms with Crippen LogP contribution in [0.25, 0.3) is 0 Å². The van der Waals surface area contributed by atoms with Crippen LogP contribution in [-0.2, 0) is 16.1 Å². The highest BCUT2D eigenvalue weighted by Crippen LogP contribution is 2.35. The second-order valence-corrected chi connectivity index (χ2v) is 9.42. The Morgan fingerprint density at radius 3 is 1.88 bits per heavy atom. The molecule has 2 atom stereocenters. The fourth-order valence-electron chi connectivity index (χ4n) is 3.92. The molecule has 3 fully saturated rings. The van der Waals surface area contributed by atoms with Crippen molar-refractivity contribution >= 4 is 23.3 Å². The number of fused-ring (bicyclic) bond motifs is 1. The first-order chi connectivity index (χ1) is 15.3. The summed E-state index contributed by atoms with van der Waals surface area (Å²) in [5.74, 6) is -2.52. The van der Waals surface area contributed by atoms with Gasteiger partial charge in [-0.1, -0.05) is 6.07 Å². The Labute approximate surface area is 190 Å². The molecule has 2 saturated heterocycles. The molecule has 0 aromatic carbocycles. The Hall–Kier alpha value is -1.86. The number of carboxylic acids is 2. The average Bonchev–Trinajstić information content (AvgIpc) is 3.19. The molecule has 0 unspecified atom stereocenters. The lowest BCUT2D eigenvalue weighted by atomic mass is 9.88. The van der Waals surface area contributed by atoms with E-state index in [1.54, 1.807) is 0 Å². The van der Waals surface area contributed by atoms with E-state index in [1.807, 2.05) is 11.3 Å². The van der Waals surface area contributed by atoms with Gasteiger partial charge < -0.3 is 15.1 Å². The van der Waals surface area contributed by atoms with Crippen LogP contribution < -0.4 is 0 Å². The molecule has 0 spiro atoms. The van der Waals surface area contributed by atoms with Crippen LogP contribution >= 0.6 is 11.3 Å². The molecule has 6 nitrogen and oxygen atoms in total. The zero-order chi connectivity index (χ0) is 24.8. The summed E-state index contributed by atoms with van der Waals surface area (Å²) in [4.78, 5) is 24.8. The fraction of sp³-hybridized carbons (Fsp3) is 0.700. The lowest BCUT2D eigenvalue weighted by molar-refractivity contribution is -0.193. The molecule has 0 amide bonds. The minimum Gasteiger partial charge on any atom is -0.475 e. The van der Waals surface area contributed by atoms with Crippen molar-refractivity contribution in [3.8, 4) is 0 Å². The Bertz CT molecular complexity index is 744. The van der Waals surface area contributed by atoms with Gasteiger partial charge in [-0.3, -0.25) is 4.90 Å². The minimum absolute atomic E-state index is 0.951. The summed E-state index contributed by atoms with van der Waals surface area (Å²) in [6, 6.07) is 4.46. The highest BCUT2D eigenvalue weighted by atomic mass is 32.1. The van der Waals surface area contributed by atoms with Gasteiger partial charge in [-0.2, -0.15) is 26.3 Å². The van der Waals surface area contributed by atoms with Gasteiger partial charge in [0.25, 0.3) is 0 Å². The number of carbonyl (C=O) groups is 2. The van der Waals surface area contributed by atoms with E-state index in [2.05, 4.69) is 27.3 Å². The van der Waals surface area contributed by atoms with E-state index in [0.29, 0.717) is 0 Å². The SMILES string of the molecule is O=C(O)C(F)(F)F.O=C(O)C(F)(F)F.c1csc(CN2C[C@H]3CCN(CC4CC4)C[C@H]3C2)c1. The molecule has 1 aliphatic carbocycles. The number of alkyl halides is 6. The molecule has 3 aliphatic rings. The molecule has 13 heteroatoms. The van der Waals surface area contributed by atoms with Gasteiger partial charge in [0.1, 0.15) is 0 Å². The number of rotatable bonds is 4. The zero-order valence-electron chi connectivity index (χ0n) is 17.6. The monoisotopic (exact) mass is 504 g/mol. The smallest absolute Gasteiger partial charge is 0.475 e. The summed E-state index contributed by atoms with van der Waals surface area (Å²) < 4.78 is 63.5. The quantitative estimate of drug-likeness (QED) is 0.599. The van der Waals surface area contributed by atoms with Crippen molar-refractivity contribution in [2.75, 3.05) is 32.7 Å². The molecule has 3 heterocycles.